The Hall–Kier alpha value is 0.150. The van der Waals surface area contributed by atoms with E-state index in [0.717, 1.165) is 0 Å². The van der Waals surface area contributed by atoms with Crippen LogP contribution in [-0.4, -0.2) is 18.2 Å². The molecule has 0 amide bonds. The molecule has 0 aliphatic carbocycles. The van der Waals surface area contributed by atoms with Crippen LogP contribution in [0, 0.1) is 0 Å². The van der Waals surface area contributed by atoms with Gasteiger partial charge in [-0.2, -0.15) is 0 Å². The second kappa shape index (κ2) is 3.23. The number of rotatable bonds is 3. The van der Waals surface area contributed by atoms with E-state index in [9.17, 15) is 4.57 Å². The van der Waals surface area contributed by atoms with Gasteiger partial charge in [-0.05, 0) is 6.42 Å². The number of hydrogen-bond donors (Lipinski definition) is 1. The third-order valence-corrected chi connectivity index (χ3v) is 2.37. The van der Waals surface area contributed by atoms with E-state index in [4.69, 9.17) is 4.89 Å². The van der Waals surface area contributed by atoms with E-state index in [1.165, 1.54) is 7.11 Å². The molecule has 0 aliphatic rings. The Balaban J connectivity index is 3.55. The molecule has 0 saturated carbocycles. The molecular formula is C4H11O3P. The van der Waals surface area contributed by atoms with Gasteiger partial charge in [0.15, 0.2) is 0 Å². The van der Waals surface area contributed by atoms with Crippen LogP contribution in [0.25, 0.3) is 0 Å². The van der Waals surface area contributed by atoms with Crippen molar-refractivity contribution in [2.45, 2.75) is 13.3 Å². The topological polar surface area (TPSA) is 46.5 Å². The summed E-state index contributed by atoms with van der Waals surface area (Å²) in [7, 11) is -1.93. The third kappa shape index (κ3) is 3.19. The maximum Gasteiger partial charge on any atom is 0.327 e. The van der Waals surface area contributed by atoms with Crippen LogP contribution >= 0.6 is 7.60 Å². The van der Waals surface area contributed by atoms with Crippen molar-refractivity contribution in [1.82, 2.24) is 0 Å². The van der Waals surface area contributed by atoms with Crippen molar-refractivity contribution in [3.8, 4) is 0 Å². The predicted octanol–water partition coefficient (Wildman–Crippen LogP) is 1.23. The van der Waals surface area contributed by atoms with Gasteiger partial charge < -0.3 is 9.42 Å². The summed E-state index contributed by atoms with van der Waals surface area (Å²) < 4.78 is 14.8. The number of hydrogen-bond acceptors (Lipinski definition) is 2. The van der Waals surface area contributed by atoms with E-state index in [2.05, 4.69) is 4.52 Å². The molecule has 0 bridgehead atoms. The second-order valence-corrected chi connectivity index (χ2v) is 3.63. The van der Waals surface area contributed by atoms with Crippen LogP contribution in [-0.2, 0) is 9.09 Å². The zero-order valence-electron chi connectivity index (χ0n) is 5.13. The maximum absolute atomic E-state index is 10.5. The van der Waals surface area contributed by atoms with Gasteiger partial charge in [-0.1, -0.05) is 6.92 Å². The monoisotopic (exact) mass is 138 g/mol. The highest BCUT2D eigenvalue weighted by Gasteiger charge is 2.13. The molecule has 0 spiro atoms. The standard InChI is InChI=1S/C4H11O3P/c1-3-4-8(5,6)7-2/h3-4H2,1-2H3,(H,5,6). The summed E-state index contributed by atoms with van der Waals surface area (Å²) in [4.78, 5) is 8.66. The highest BCUT2D eigenvalue weighted by molar-refractivity contribution is 7.52. The van der Waals surface area contributed by atoms with Crippen LogP contribution in [0.1, 0.15) is 13.3 Å². The Kier molecular flexibility index (Phi) is 3.29. The van der Waals surface area contributed by atoms with Crippen molar-refractivity contribution in [2.24, 2.45) is 0 Å². The van der Waals surface area contributed by atoms with E-state index in [0.29, 0.717) is 6.42 Å². The minimum absolute atomic E-state index is 0.253. The molecule has 0 aromatic rings. The Morgan fingerprint density at radius 1 is 1.75 bits per heavy atom. The fourth-order valence-electron chi connectivity index (χ4n) is 0.374. The lowest BCUT2D eigenvalue weighted by Gasteiger charge is -2.04. The lowest BCUT2D eigenvalue weighted by atomic mass is 10.6. The van der Waals surface area contributed by atoms with E-state index < -0.39 is 7.60 Å². The van der Waals surface area contributed by atoms with Crippen LogP contribution in [0.2, 0.25) is 0 Å². The highest BCUT2D eigenvalue weighted by Crippen LogP contribution is 2.40. The molecule has 4 heteroatoms. The minimum atomic E-state index is -3.17. The maximum atomic E-state index is 10.5. The van der Waals surface area contributed by atoms with Gasteiger partial charge in [0, 0.05) is 13.3 Å². The molecule has 3 nitrogen and oxygen atoms in total. The van der Waals surface area contributed by atoms with E-state index >= 15 is 0 Å². The van der Waals surface area contributed by atoms with Crippen LogP contribution in [0.3, 0.4) is 0 Å². The predicted molar refractivity (Wildman–Crippen MR) is 32.0 cm³/mol. The van der Waals surface area contributed by atoms with Gasteiger partial charge in [0.25, 0.3) is 0 Å². The van der Waals surface area contributed by atoms with Gasteiger partial charge in [-0.15, -0.1) is 0 Å². The lowest BCUT2D eigenvalue weighted by molar-refractivity contribution is 0.315. The van der Waals surface area contributed by atoms with Crippen molar-refractivity contribution >= 4 is 7.60 Å². The Morgan fingerprint density at radius 2 is 2.25 bits per heavy atom. The molecule has 0 fully saturated rings. The van der Waals surface area contributed by atoms with Crippen LogP contribution in [0.4, 0.5) is 0 Å². The molecule has 8 heavy (non-hydrogen) atoms. The zero-order chi connectivity index (χ0) is 6.62. The molecule has 50 valence electrons. The average Bonchev–Trinajstić information content (AvgIpc) is 1.67. The zero-order valence-corrected chi connectivity index (χ0v) is 6.02. The first kappa shape index (κ1) is 8.15. The van der Waals surface area contributed by atoms with Gasteiger partial charge in [0.1, 0.15) is 0 Å². The first-order valence-corrected chi connectivity index (χ1v) is 4.26. The van der Waals surface area contributed by atoms with Gasteiger partial charge in [-0.3, -0.25) is 4.57 Å². The Labute approximate surface area is 49.2 Å². The minimum Gasteiger partial charge on any atom is -0.324 e. The van der Waals surface area contributed by atoms with Crippen molar-refractivity contribution in [3.63, 3.8) is 0 Å². The van der Waals surface area contributed by atoms with E-state index in [1.807, 2.05) is 6.92 Å². The molecule has 0 aromatic carbocycles. The molecule has 0 aromatic heterocycles. The molecule has 1 N–H and O–H groups in total. The molecule has 1 atom stereocenters. The molecular weight excluding hydrogens is 127 g/mol. The quantitative estimate of drug-likeness (QED) is 0.596. The molecule has 1 unspecified atom stereocenters. The molecule has 0 rings (SSSR count). The average molecular weight is 138 g/mol. The molecule has 0 radical (unpaired) electrons. The summed E-state index contributed by atoms with van der Waals surface area (Å²) in [6.45, 7) is 1.84. The summed E-state index contributed by atoms with van der Waals surface area (Å²) in [6.07, 6.45) is 0.936. The summed E-state index contributed by atoms with van der Waals surface area (Å²) in [6, 6.07) is 0. The third-order valence-electron chi connectivity index (χ3n) is 0.791. The first-order valence-electron chi connectivity index (χ1n) is 2.50. The SMILES string of the molecule is CCCP(=O)(O)OC. The normalized spacial score (nSPS) is 17.9. The summed E-state index contributed by atoms with van der Waals surface area (Å²) >= 11 is 0. The molecule has 0 heterocycles. The van der Waals surface area contributed by atoms with E-state index in [1.54, 1.807) is 0 Å². The smallest absolute Gasteiger partial charge is 0.324 e. The van der Waals surface area contributed by atoms with Crippen molar-refractivity contribution in [2.75, 3.05) is 13.3 Å². The summed E-state index contributed by atoms with van der Waals surface area (Å²) in [5.41, 5.74) is 0. The van der Waals surface area contributed by atoms with Crippen LogP contribution in [0.5, 0.6) is 0 Å². The fourth-order valence-corrected chi connectivity index (χ4v) is 1.12. The first-order chi connectivity index (χ1) is 3.62. The molecule has 0 saturated heterocycles. The summed E-state index contributed by atoms with van der Waals surface area (Å²) in [5.74, 6) is 0. The van der Waals surface area contributed by atoms with Crippen LogP contribution in [0.15, 0.2) is 0 Å². The Bertz CT molecular complexity index is 101. The lowest BCUT2D eigenvalue weighted by Crippen LogP contribution is -1.87. The van der Waals surface area contributed by atoms with Crippen molar-refractivity contribution in [3.05, 3.63) is 0 Å². The van der Waals surface area contributed by atoms with Crippen LogP contribution < -0.4 is 0 Å². The van der Waals surface area contributed by atoms with Crippen molar-refractivity contribution < 1.29 is 14.0 Å². The fraction of sp³-hybridized carbons (Fsp3) is 1.00. The highest BCUT2D eigenvalue weighted by atomic mass is 31.2. The molecule has 0 aliphatic heterocycles. The largest absolute Gasteiger partial charge is 0.327 e. The van der Waals surface area contributed by atoms with E-state index in [-0.39, 0.29) is 6.16 Å². The van der Waals surface area contributed by atoms with Gasteiger partial charge in [-0.25, -0.2) is 0 Å². The second-order valence-electron chi connectivity index (χ2n) is 1.54. The van der Waals surface area contributed by atoms with Gasteiger partial charge >= 0.3 is 7.60 Å². The van der Waals surface area contributed by atoms with Gasteiger partial charge in [0.05, 0.1) is 0 Å². The van der Waals surface area contributed by atoms with Gasteiger partial charge in [0.2, 0.25) is 0 Å². The Morgan fingerprint density at radius 3 is 2.38 bits per heavy atom. The summed E-state index contributed by atoms with van der Waals surface area (Å²) in [5, 5.41) is 0. The van der Waals surface area contributed by atoms with Crippen molar-refractivity contribution in [1.29, 1.82) is 0 Å².